The molecule has 1 aliphatic carbocycles. The lowest BCUT2D eigenvalue weighted by molar-refractivity contribution is 0.00867. The van der Waals surface area contributed by atoms with Gasteiger partial charge >= 0.3 is 0 Å². The first-order valence-electron chi connectivity index (χ1n) is 12.5. The van der Waals surface area contributed by atoms with Gasteiger partial charge in [0, 0.05) is 24.7 Å². The van der Waals surface area contributed by atoms with Crippen molar-refractivity contribution >= 4 is 17.7 Å². The molecule has 7 nitrogen and oxygen atoms in total. The van der Waals surface area contributed by atoms with Crippen molar-refractivity contribution in [3.8, 4) is 5.75 Å². The minimum atomic E-state index is -0.0754. The summed E-state index contributed by atoms with van der Waals surface area (Å²) in [4.78, 5) is 24.2. The second-order valence-electron chi connectivity index (χ2n) is 9.08. The number of amides is 1. The van der Waals surface area contributed by atoms with E-state index in [1.807, 2.05) is 43.3 Å². The highest BCUT2D eigenvalue weighted by Gasteiger charge is 2.27. The van der Waals surface area contributed by atoms with Gasteiger partial charge in [-0.25, -0.2) is 4.98 Å². The van der Waals surface area contributed by atoms with Gasteiger partial charge in [-0.2, -0.15) is 4.98 Å². The highest BCUT2D eigenvalue weighted by Crippen LogP contribution is 2.28. The molecule has 2 heterocycles. The van der Waals surface area contributed by atoms with Crippen LogP contribution in [0.5, 0.6) is 5.75 Å². The fourth-order valence-electron chi connectivity index (χ4n) is 4.86. The second kappa shape index (κ2) is 10.9. The normalized spacial score (nSPS) is 19.0. The molecular weight excluding hydrogens is 440 g/mol. The molecule has 0 bridgehead atoms. The number of benzene rings is 2. The molecule has 2 aliphatic rings. The Balaban J connectivity index is 1.28. The Morgan fingerprint density at radius 1 is 1.14 bits per heavy atom. The molecule has 5 rings (SSSR count). The topological polar surface area (TPSA) is 76.6 Å². The van der Waals surface area contributed by atoms with E-state index in [1.54, 1.807) is 17.2 Å². The monoisotopic (exact) mass is 472 g/mol. The second-order valence-corrected chi connectivity index (χ2v) is 9.08. The summed E-state index contributed by atoms with van der Waals surface area (Å²) < 4.78 is 11.9. The van der Waals surface area contributed by atoms with Crippen LogP contribution in [0.15, 0.2) is 60.8 Å². The maximum Gasteiger partial charge on any atom is 0.259 e. The molecule has 35 heavy (non-hydrogen) atoms. The summed E-state index contributed by atoms with van der Waals surface area (Å²) in [5, 5.41) is 3.50. The lowest BCUT2D eigenvalue weighted by atomic mass is 9.92. The highest BCUT2D eigenvalue weighted by molar-refractivity contribution is 6.05. The number of carbonyl (C=O) groups excluding carboxylic acids is 1. The summed E-state index contributed by atoms with van der Waals surface area (Å²) in [6.07, 6.45) is 6.94. The quantitative estimate of drug-likeness (QED) is 0.496. The lowest BCUT2D eigenvalue weighted by Gasteiger charge is -2.32. The van der Waals surface area contributed by atoms with E-state index in [2.05, 4.69) is 22.4 Å². The lowest BCUT2D eigenvalue weighted by Crippen LogP contribution is -2.39. The predicted octanol–water partition coefficient (Wildman–Crippen LogP) is 5.02. The van der Waals surface area contributed by atoms with Crippen molar-refractivity contribution in [2.24, 2.45) is 0 Å². The van der Waals surface area contributed by atoms with Crippen LogP contribution in [-0.4, -0.2) is 41.2 Å². The van der Waals surface area contributed by atoms with Crippen molar-refractivity contribution in [3.05, 3.63) is 77.5 Å². The van der Waals surface area contributed by atoms with Crippen molar-refractivity contribution in [2.75, 3.05) is 23.4 Å². The first kappa shape index (κ1) is 23.3. The van der Waals surface area contributed by atoms with Gasteiger partial charge < -0.3 is 14.8 Å². The maximum atomic E-state index is 13.3. The van der Waals surface area contributed by atoms with Gasteiger partial charge in [0.2, 0.25) is 5.95 Å². The average molecular weight is 473 g/mol. The van der Waals surface area contributed by atoms with Gasteiger partial charge in [-0.3, -0.25) is 9.69 Å². The Morgan fingerprint density at radius 3 is 2.86 bits per heavy atom. The molecule has 1 aliphatic heterocycles. The van der Waals surface area contributed by atoms with Gasteiger partial charge in [0.05, 0.1) is 25.4 Å². The van der Waals surface area contributed by atoms with E-state index in [-0.39, 0.29) is 18.1 Å². The highest BCUT2D eigenvalue weighted by atomic mass is 16.5. The number of nitrogens with one attached hydrogen (secondary N) is 1. The van der Waals surface area contributed by atoms with Crippen LogP contribution in [-0.2, 0) is 17.8 Å². The number of aromatic nitrogens is 2. The van der Waals surface area contributed by atoms with Gasteiger partial charge in [0.1, 0.15) is 11.6 Å². The molecule has 2 aromatic carbocycles. The fourth-order valence-corrected chi connectivity index (χ4v) is 4.86. The summed E-state index contributed by atoms with van der Waals surface area (Å²) in [7, 11) is 0. The molecule has 7 heteroatoms. The van der Waals surface area contributed by atoms with E-state index in [4.69, 9.17) is 14.5 Å². The standard InChI is InChI=1S/C28H32N4O3/c1-2-32(27(33)22-12-13-24-21(18-22)15-17-34-24)26-14-16-29-28(31-26)30-23-10-6-7-11-25(23)35-19-20-8-4-3-5-9-20/h3-5,8-9,12-14,16,18,23,25H,2,6-7,10-11,15,17,19H2,1H3,(H,29,30,31)/t23-,25-/m0/s1. The minimum absolute atomic E-state index is 0.0754. The summed E-state index contributed by atoms with van der Waals surface area (Å²) in [5.41, 5.74) is 2.90. The molecule has 2 atom stereocenters. The van der Waals surface area contributed by atoms with E-state index in [9.17, 15) is 4.79 Å². The number of hydrogen-bond acceptors (Lipinski definition) is 6. The molecule has 1 saturated carbocycles. The van der Waals surface area contributed by atoms with Crippen molar-refractivity contribution in [3.63, 3.8) is 0 Å². The van der Waals surface area contributed by atoms with Crippen molar-refractivity contribution < 1.29 is 14.3 Å². The molecule has 0 saturated heterocycles. The Hall–Kier alpha value is -3.45. The smallest absolute Gasteiger partial charge is 0.259 e. The van der Waals surface area contributed by atoms with Crippen LogP contribution in [0.4, 0.5) is 11.8 Å². The Kier molecular flexibility index (Phi) is 7.23. The molecular formula is C28H32N4O3. The Labute approximate surface area is 206 Å². The third-order valence-electron chi connectivity index (χ3n) is 6.74. The minimum Gasteiger partial charge on any atom is -0.493 e. The van der Waals surface area contributed by atoms with E-state index >= 15 is 0 Å². The zero-order valence-corrected chi connectivity index (χ0v) is 20.2. The number of rotatable bonds is 8. The van der Waals surface area contributed by atoms with E-state index in [0.29, 0.717) is 37.1 Å². The van der Waals surface area contributed by atoms with Crippen molar-refractivity contribution in [2.45, 2.75) is 57.8 Å². The zero-order chi connectivity index (χ0) is 24.0. The molecule has 0 unspecified atom stereocenters. The molecule has 1 amide bonds. The fraction of sp³-hybridized carbons (Fsp3) is 0.393. The third-order valence-corrected chi connectivity index (χ3v) is 6.74. The summed E-state index contributed by atoms with van der Waals surface area (Å²) in [5.74, 6) is 1.91. The van der Waals surface area contributed by atoms with Crippen LogP contribution in [0.3, 0.4) is 0 Å². The van der Waals surface area contributed by atoms with Gasteiger partial charge in [-0.15, -0.1) is 0 Å². The molecule has 0 radical (unpaired) electrons. The van der Waals surface area contributed by atoms with Crippen molar-refractivity contribution in [1.29, 1.82) is 0 Å². The Bertz CT molecular complexity index is 1150. The van der Waals surface area contributed by atoms with E-state index in [0.717, 1.165) is 43.4 Å². The van der Waals surface area contributed by atoms with Crippen LogP contribution >= 0.6 is 0 Å². The molecule has 0 spiro atoms. The molecule has 182 valence electrons. The number of fused-ring (bicyclic) bond motifs is 1. The van der Waals surface area contributed by atoms with Gasteiger partial charge in [0.15, 0.2) is 0 Å². The van der Waals surface area contributed by atoms with Crippen LogP contribution in [0, 0.1) is 0 Å². The molecule has 1 N–H and O–H groups in total. The Morgan fingerprint density at radius 2 is 2.00 bits per heavy atom. The number of carbonyl (C=O) groups is 1. The number of anilines is 2. The van der Waals surface area contributed by atoms with Crippen LogP contribution in [0.2, 0.25) is 0 Å². The molecule has 1 fully saturated rings. The summed E-state index contributed by atoms with van der Waals surface area (Å²) in [6, 6.07) is 17.8. The molecule has 3 aromatic rings. The first-order chi connectivity index (χ1) is 17.2. The summed E-state index contributed by atoms with van der Waals surface area (Å²) >= 11 is 0. The largest absolute Gasteiger partial charge is 0.493 e. The number of nitrogens with zero attached hydrogens (tertiary/aromatic N) is 3. The van der Waals surface area contributed by atoms with Gasteiger partial charge in [-0.05, 0) is 55.2 Å². The summed E-state index contributed by atoms with van der Waals surface area (Å²) in [6.45, 7) is 3.73. The maximum absolute atomic E-state index is 13.3. The molecule has 1 aromatic heterocycles. The van der Waals surface area contributed by atoms with Gasteiger partial charge in [0.25, 0.3) is 5.91 Å². The van der Waals surface area contributed by atoms with E-state index < -0.39 is 0 Å². The average Bonchev–Trinajstić information content (AvgIpc) is 3.37. The van der Waals surface area contributed by atoms with Gasteiger partial charge in [-0.1, -0.05) is 43.2 Å². The zero-order valence-electron chi connectivity index (χ0n) is 20.2. The number of ether oxygens (including phenoxy) is 2. The van der Waals surface area contributed by atoms with E-state index in [1.165, 1.54) is 5.56 Å². The predicted molar refractivity (Wildman–Crippen MR) is 136 cm³/mol. The van der Waals surface area contributed by atoms with Crippen LogP contribution in [0.25, 0.3) is 0 Å². The van der Waals surface area contributed by atoms with Crippen LogP contribution < -0.4 is 15.0 Å². The SMILES string of the molecule is CCN(C(=O)c1ccc2c(c1)CCO2)c1ccnc(N[C@H]2CCCC[C@@H]2OCc2ccccc2)n1. The van der Waals surface area contributed by atoms with Crippen LogP contribution in [0.1, 0.15) is 54.1 Å². The van der Waals surface area contributed by atoms with Crippen molar-refractivity contribution in [1.82, 2.24) is 9.97 Å². The number of hydrogen-bond donors (Lipinski definition) is 1. The third kappa shape index (κ3) is 5.46. The first-order valence-corrected chi connectivity index (χ1v) is 12.5.